The largest absolute Gasteiger partial charge is 0.431 e. The molecule has 0 saturated heterocycles. The van der Waals surface area contributed by atoms with Crippen molar-refractivity contribution in [2.45, 2.75) is 49.5 Å². The van der Waals surface area contributed by atoms with Gasteiger partial charge in [-0.2, -0.15) is 39.2 Å². The minimum Gasteiger partial charge on any atom is -0.327 e. The van der Waals surface area contributed by atoms with Crippen LogP contribution < -0.4 is 5.73 Å². The van der Waals surface area contributed by atoms with Gasteiger partial charge in [-0.3, -0.25) is 4.55 Å². The second-order valence-electron chi connectivity index (χ2n) is 4.40. The summed E-state index contributed by atoms with van der Waals surface area (Å²) in [6, 6.07) is 0. The molecule has 0 heterocycles. The lowest BCUT2D eigenvalue weighted by molar-refractivity contribution is -0.165. The molecule has 140 valence electrons. The molecule has 0 bridgehead atoms. The fraction of sp³-hybridized carbons (Fsp3) is 0.818. The lowest BCUT2D eigenvalue weighted by Crippen LogP contribution is -2.46. The lowest BCUT2D eigenvalue weighted by Gasteiger charge is -2.23. The van der Waals surface area contributed by atoms with Crippen LogP contribution in [-0.4, -0.2) is 36.9 Å². The van der Waals surface area contributed by atoms with E-state index < -0.39 is 59.6 Å². The van der Waals surface area contributed by atoms with Crippen LogP contribution in [0.1, 0.15) is 32.1 Å². The summed E-state index contributed by atoms with van der Waals surface area (Å²) < 4.78 is 114. The molecular formula is C11H18F7NO3S. The normalized spacial score (nSPS) is 13.3. The fourth-order valence-electron chi connectivity index (χ4n) is 1.18. The van der Waals surface area contributed by atoms with Crippen molar-refractivity contribution in [3.05, 3.63) is 12.7 Å². The highest BCUT2D eigenvalue weighted by molar-refractivity contribution is 7.87. The van der Waals surface area contributed by atoms with Gasteiger partial charge in [0.05, 0.1) is 0 Å². The predicted molar refractivity (Wildman–Crippen MR) is 69.8 cm³/mol. The number of alkyl halides is 7. The first-order valence-electron chi connectivity index (χ1n) is 6.22. The van der Waals surface area contributed by atoms with Gasteiger partial charge in [0.1, 0.15) is 0 Å². The highest BCUT2D eigenvalue weighted by Gasteiger charge is 2.64. The molecule has 0 spiro atoms. The molecule has 23 heavy (non-hydrogen) atoms. The van der Waals surface area contributed by atoms with E-state index in [4.69, 9.17) is 10.3 Å². The monoisotopic (exact) mass is 377 g/mol. The highest BCUT2D eigenvalue weighted by Crippen LogP contribution is 2.41. The molecule has 0 aliphatic carbocycles. The van der Waals surface area contributed by atoms with Gasteiger partial charge in [-0.1, -0.05) is 12.5 Å². The Balaban J connectivity index is 0. The van der Waals surface area contributed by atoms with Crippen LogP contribution in [0.15, 0.2) is 12.7 Å². The van der Waals surface area contributed by atoms with E-state index in [1.54, 1.807) is 6.08 Å². The Morgan fingerprint density at radius 1 is 0.957 bits per heavy atom. The van der Waals surface area contributed by atoms with Crippen LogP contribution in [-0.2, 0) is 10.1 Å². The van der Waals surface area contributed by atoms with Crippen LogP contribution in [0.4, 0.5) is 30.7 Å². The number of halogens is 7. The molecule has 0 aliphatic rings. The van der Waals surface area contributed by atoms with Gasteiger partial charge in [0.2, 0.25) is 0 Å². The first kappa shape index (κ1) is 24.4. The molecule has 12 heteroatoms. The standard InChI is InChI=1S/C8H11F7O3S.C3H7N/c9-6(10,8(14,15)19(16,17)18)4-2-1-3-5-7(11,12)13;1-2-3-4/h1-5H2,(H,16,17,18);2H,1,3-4H2. The molecule has 0 fully saturated rings. The lowest BCUT2D eigenvalue weighted by atomic mass is 10.1. The van der Waals surface area contributed by atoms with Crippen LogP contribution in [0, 0.1) is 0 Å². The molecule has 0 aromatic heterocycles. The van der Waals surface area contributed by atoms with Crippen LogP contribution in [0.5, 0.6) is 0 Å². The molecule has 0 aromatic carbocycles. The molecule has 0 unspecified atom stereocenters. The zero-order chi connectivity index (χ0) is 18.9. The molecule has 0 aliphatic heterocycles. The van der Waals surface area contributed by atoms with Crippen molar-refractivity contribution < 1.29 is 43.7 Å². The summed E-state index contributed by atoms with van der Waals surface area (Å²) in [6.45, 7) is 3.94. The van der Waals surface area contributed by atoms with Crippen molar-refractivity contribution >= 4 is 10.1 Å². The van der Waals surface area contributed by atoms with Crippen LogP contribution in [0.2, 0.25) is 0 Å². The van der Waals surface area contributed by atoms with E-state index in [0.29, 0.717) is 6.54 Å². The summed E-state index contributed by atoms with van der Waals surface area (Å²) >= 11 is 0. The summed E-state index contributed by atoms with van der Waals surface area (Å²) in [5, 5.41) is -5.66. The Kier molecular flexibility index (Phi) is 9.99. The van der Waals surface area contributed by atoms with Gasteiger partial charge in [-0.05, 0) is 12.8 Å². The second kappa shape index (κ2) is 9.42. The number of nitrogens with two attached hydrogens (primary N) is 1. The number of unbranched alkanes of at least 4 members (excludes halogenated alkanes) is 2. The number of hydrogen-bond acceptors (Lipinski definition) is 3. The Morgan fingerprint density at radius 3 is 1.65 bits per heavy atom. The summed E-state index contributed by atoms with van der Waals surface area (Å²) in [5.41, 5.74) is 4.91. The van der Waals surface area contributed by atoms with Crippen molar-refractivity contribution in [2.24, 2.45) is 5.73 Å². The molecule has 4 nitrogen and oxygen atoms in total. The third-order valence-corrected chi connectivity index (χ3v) is 3.31. The van der Waals surface area contributed by atoms with E-state index in [1.807, 2.05) is 0 Å². The second-order valence-corrected chi connectivity index (χ2v) is 5.86. The summed E-state index contributed by atoms with van der Waals surface area (Å²) in [6.07, 6.45) is -7.38. The fourth-order valence-corrected chi connectivity index (χ4v) is 1.66. The third kappa shape index (κ3) is 9.76. The van der Waals surface area contributed by atoms with Gasteiger partial charge in [-0.15, -0.1) is 6.58 Å². The van der Waals surface area contributed by atoms with E-state index in [1.165, 1.54) is 0 Å². The van der Waals surface area contributed by atoms with Gasteiger partial charge in [0.25, 0.3) is 0 Å². The third-order valence-electron chi connectivity index (χ3n) is 2.37. The molecule has 0 radical (unpaired) electrons. The summed E-state index contributed by atoms with van der Waals surface area (Å²) in [4.78, 5) is 0. The Morgan fingerprint density at radius 2 is 1.35 bits per heavy atom. The maximum absolute atomic E-state index is 12.8. The maximum Gasteiger partial charge on any atom is 0.431 e. The Bertz CT molecular complexity index is 449. The molecule has 0 rings (SSSR count). The molecule has 0 atom stereocenters. The van der Waals surface area contributed by atoms with E-state index in [0.717, 1.165) is 0 Å². The molecular weight excluding hydrogens is 359 g/mol. The van der Waals surface area contributed by atoms with Gasteiger partial charge < -0.3 is 5.73 Å². The van der Waals surface area contributed by atoms with E-state index in [2.05, 4.69) is 6.58 Å². The minimum atomic E-state index is -6.29. The van der Waals surface area contributed by atoms with Gasteiger partial charge in [-0.25, -0.2) is 0 Å². The zero-order valence-electron chi connectivity index (χ0n) is 11.9. The number of rotatable bonds is 8. The first-order chi connectivity index (χ1) is 10.1. The predicted octanol–water partition coefficient (Wildman–Crippen LogP) is 3.75. The molecule has 0 saturated carbocycles. The van der Waals surface area contributed by atoms with Crippen molar-refractivity contribution in [2.75, 3.05) is 6.54 Å². The average Bonchev–Trinajstić information content (AvgIpc) is 2.35. The molecule has 0 amide bonds. The maximum atomic E-state index is 12.8. The van der Waals surface area contributed by atoms with E-state index in [9.17, 15) is 39.2 Å². The van der Waals surface area contributed by atoms with Crippen molar-refractivity contribution in [1.29, 1.82) is 0 Å². The zero-order valence-corrected chi connectivity index (χ0v) is 12.7. The Labute approximate surface area is 129 Å². The van der Waals surface area contributed by atoms with Crippen molar-refractivity contribution in [3.8, 4) is 0 Å². The van der Waals surface area contributed by atoms with Crippen LogP contribution in [0.25, 0.3) is 0 Å². The van der Waals surface area contributed by atoms with E-state index in [-0.39, 0.29) is 0 Å². The van der Waals surface area contributed by atoms with Crippen molar-refractivity contribution in [1.82, 2.24) is 0 Å². The van der Waals surface area contributed by atoms with Gasteiger partial charge in [0.15, 0.2) is 0 Å². The summed E-state index contributed by atoms with van der Waals surface area (Å²) in [7, 11) is -6.29. The minimum absolute atomic E-state index is 0.420. The van der Waals surface area contributed by atoms with Gasteiger partial charge in [0, 0.05) is 19.4 Å². The molecule has 3 N–H and O–H groups in total. The topological polar surface area (TPSA) is 80.4 Å². The van der Waals surface area contributed by atoms with Crippen LogP contribution in [0.3, 0.4) is 0 Å². The number of hydrogen-bond donors (Lipinski definition) is 2. The first-order valence-corrected chi connectivity index (χ1v) is 7.66. The quantitative estimate of drug-likeness (QED) is 0.292. The van der Waals surface area contributed by atoms with Gasteiger partial charge >= 0.3 is 27.5 Å². The molecule has 0 aromatic rings. The average molecular weight is 377 g/mol. The smallest absolute Gasteiger partial charge is 0.327 e. The van der Waals surface area contributed by atoms with E-state index >= 15 is 0 Å². The van der Waals surface area contributed by atoms with Crippen LogP contribution >= 0.6 is 0 Å². The Hall–Kier alpha value is -0.880. The highest BCUT2D eigenvalue weighted by atomic mass is 32.2. The SMILES string of the molecule is C=CCN.O=S(=O)(O)C(F)(F)C(F)(F)CCCCCC(F)(F)F. The summed E-state index contributed by atoms with van der Waals surface area (Å²) in [5.74, 6) is -5.04. The van der Waals surface area contributed by atoms with Crippen molar-refractivity contribution in [3.63, 3.8) is 0 Å².